The topological polar surface area (TPSA) is 32.3 Å². The van der Waals surface area contributed by atoms with Crippen LogP contribution in [0.25, 0.3) is 0 Å². The van der Waals surface area contributed by atoms with Gasteiger partial charge >= 0.3 is 0 Å². The molecule has 0 unspecified atom stereocenters. The third-order valence-electron chi connectivity index (χ3n) is 2.65. The first kappa shape index (κ1) is 15.1. The molecule has 0 atom stereocenters. The average molecular weight is 289 g/mol. The van der Waals surface area contributed by atoms with Crippen molar-refractivity contribution in [2.24, 2.45) is 0 Å². The number of rotatable bonds is 6. The molecule has 1 aromatic carbocycles. The lowest BCUT2D eigenvalue weighted by molar-refractivity contribution is -0.128. The van der Waals surface area contributed by atoms with Crippen LogP contribution in [-0.4, -0.2) is 30.9 Å². The minimum absolute atomic E-state index is 0.0273. The van der Waals surface area contributed by atoms with E-state index in [1.807, 2.05) is 0 Å². The van der Waals surface area contributed by atoms with Gasteiger partial charge in [-0.1, -0.05) is 42.6 Å². The predicted octanol–water partition coefficient (Wildman–Crippen LogP) is 3.66. The van der Waals surface area contributed by atoms with E-state index in [4.69, 9.17) is 23.2 Å². The van der Waals surface area contributed by atoms with E-state index in [0.717, 1.165) is 19.4 Å². The predicted molar refractivity (Wildman–Crippen MR) is 77.5 cm³/mol. The molecule has 1 N–H and O–H groups in total. The number of para-hydroxylation sites is 1. The molecule has 1 rings (SSSR count). The average Bonchev–Trinajstić information content (AvgIpc) is 2.35. The molecular weight excluding hydrogens is 271 g/mol. The van der Waals surface area contributed by atoms with E-state index in [-0.39, 0.29) is 12.5 Å². The van der Waals surface area contributed by atoms with Crippen molar-refractivity contribution in [3.05, 3.63) is 28.2 Å². The molecule has 0 aromatic heterocycles. The van der Waals surface area contributed by atoms with E-state index in [9.17, 15) is 4.79 Å². The van der Waals surface area contributed by atoms with Crippen molar-refractivity contribution in [1.29, 1.82) is 0 Å². The Bertz CT molecular complexity index is 390. The quantitative estimate of drug-likeness (QED) is 0.866. The second kappa shape index (κ2) is 7.49. The zero-order valence-corrected chi connectivity index (χ0v) is 12.2. The van der Waals surface area contributed by atoms with Crippen LogP contribution >= 0.6 is 23.2 Å². The Balaban J connectivity index is 2.52. The van der Waals surface area contributed by atoms with Crippen molar-refractivity contribution in [3.63, 3.8) is 0 Å². The highest BCUT2D eigenvalue weighted by molar-refractivity contribution is 6.39. The van der Waals surface area contributed by atoms with Crippen molar-refractivity contribution >= 4 is 34.8 Å². The van der Waals surface area contributed by atoms with Crippen LogP contribution in [0.4, 0.5) is 5.69 Å². The number of unbranched alkanes of at least 4 members (excludes halogenated alkanes) is 1. The van der Waals surface area contributed by atoms with Gasteiger partial charge in [0.25, 0.3) is 0 Å². The molecule has 100 valence electrons. The molecular formula is C13H18Cl2N2O. The summed E-state index contributed by atoms with van der Waals surface area (Å²) in [6.45, 7) is 3.07. The van der Waals surface area contributed by atoms with Gasteiger partial charge in [0.2, 0.25) is 5.91 Å². The zero-order chi connectivity index (χ0) is 13.5. The van der Waals surface area contributed by atoms with Gasteiger partial charge in [0.15, 0.2) is 0 Å². The van der Waals surface area contributed by atoms with E-state index < -0.39 is 0 Å². The molecule has 0 heterocycles. The van der Waals surface area contributed by atoms with Crippen LogP contribution in [0, 0.1) is 0 Å². The van der Waals surface area contributed by atoms with Crippen molar-refractivity contribution < 1.29 is 4.79 Å². The van der Waals surface area contributed by atoms with Crippen LogP contribution in [0.5, 0.6) is 0 Å². The fraction of sp³-hybridized carbons (Fsp3) is 0.462. The van der Waals surface area contributed by atoms with Gasteiger partial charge in [-0.2, -0.15) is 0 Å². The lowest BCUT2D eigenvalue weighted by Crippen LogP contribution is -2.33. The SMILES string of the molecule is CCCCN(C)C(=O)CNc1c(Cl)cccc1Cl. The monoisotopic (exact) mass is 288 g/mol. The standard InChI is InChI=1S/C13H18Cl2N2O/c1-3-4-8-17(2)12(18)9-16-13-10(14)6-5-7-11(13)15/h5-7,16H,3-4,8-9H2,1-2H3. The molecule has 0 aliphatic carbocycles. The second-order valence-corrected chi connectivity index (χ2v) is 4.93. The molecule has 3 nitrogen and oxygen atoms in total. The van der Waals surface area contributed by atoms with Crippen LogP contribution in [0.3, 0.4) is 0 Å². The number of amides is 1. The third kappa shape index (κ3) is 4.39. The number of likely N-dealkylation sites (N-methyl/N-ethyl adjacent to an activating group) is 1. The number of hydrogen-bond acceptors (Lipinski definition) is 2. The summed E-state index contributed by atoms with van der Waals surface area (Å²) in [6, 6.07) is 5.24. The molecule has 1 aromatic rings. The van der Waals surface area contributed by atoms with Crippen LogP contribution in [0.15, 0.2) is 18.2 Å². The normalized spacial score (nSPS) is 10.2. The smallest absolute Gasteiger partial charge is 0.241 e. The highest BCUT2D eigenvalue weighted by Gasteiger charge is 2.10. The van der Waals surface area contributed by atoms with E-state index in [0.29, 0.717) is 15.7 Å². The number of benzene rings is 1. The van der Waals surface area contributed by atoms with Gasteiger partial charge in [-0.05, 0) is 18.6 Å². The molecule has 1 amide bonds. The molecule has 0 fully saturated rings. The molecule has 0 bridgehead atoms. The molecule has 0 spiro atoms. The summed E-state index contributed by atoms with van der Waals surface area (Å²) in [5.41, 5.74) is 0.609. The maximum Gasteiger partial charge on any atom is 0.241 e. The second-order valence-electron chi connectivity index (χ2n) is 4.12. The molecule has 0 saturated heterocycles. The van der Waals surface area contributed by atoms with Crippen molar-refractivity contribution in [3.8, 4) is 0 Å². The summed E-state index contributed by atoms with van der Waals surface area (Å²) in [5, 5.41) is 4.02. The number of halogens is 2. The summed E-state index contributed by atoms with van der Waals surface area (Å²) in [4.78, 5) is 13.5. The van der Waals surface area contributed by atoms with E-state index in [1.165, 1.54) is 0 Å². The summed E-state index contributed by atoms with van der Waals surface area (Å²) >= 11 is 12.0. The van der Waals surface area contributed by atoms with Crippen LogP contribution < -0.4 is 5.32 Å². The molecule has 0 aliphatic heterocycles. The number of nitrogens with one attached hydrogen (secondary N) is 1. The Kier molecular flexibility index (Phi) is 6.30. The van der Waals surface area contributed by atoms with Crippen molar-refractivity contribution in [2.45, 2.75) is 19.8 Å². The largest absolute Gasteiger partial charge is 0.374 e. The van der Waals surface area contributed by atoms with Crippen molar-refractivity contribution in [2.75, 3.05) is 25.5 Å². The van der Waals surface area contributed by atoms with Gasteiger partial charge in [-0.3, -0.25) is 4.79 Å². The minimum atomic E-state index is 0.0273. The third-order valence-corrected chi connectivity index (χ3v) is 3.28. The van der Waals surface area contributed by atoms with E-state index in [2.05, 4.69) is 12.2 Å². The molecule has 5 heteroatoms. The van der Waals surface area contributed by atoms with Crippen molar-refractivity contribution in [1.82, 2.24) is 4.90 Å². The highest BCUT2D eigenvalue weighted by atomic mass is 35.5. The Hall–Kier alpha value is -0.930. The maximum atomic E-state index is 11.8. The summed E-state index contributed by atoms with van der Waals surface area (Å²) in [7, 11) is 1.80. The summed E-state index contributed by atoms with van der Waals surface area (Å²) < 4.78 is 0. The first-order valence-electron chi connectivity index (χ1n) is 5.98. The summed E-state index contributed by atoms with van der Waals surface area (Å²) in [6.07, 6.45) is 2.08. The van der Waals surface area contributed by atoms with Crippen LogP contribution in [0.2, 0.25) is 10.0 Å². The van der Waals surface area contributed by atoms with E-state index in [1.54, 1.807) is 30.1 Å². The van der Waals surface area contributed by atoms with E-state index >= 15 is 0 Å². The molecule has 18 heavy (non-hydrogen) atoms. The van der Waals surface area contributed by atoms with Gasteiger partial charge in [-0.25, -0.2) is 0 Å². The van der Waals surface area contributed by atoms with Crippen LogP contribution in [-0.2, 0) is 4.79 Å². The Labute approximate surface area is 118 Å². The van der Waals surface area contributed by atoms with Crippen LogP contribution in [0.1, 0.15) is 19.8 Å². The first-order chi connectivity index (χ1) is 8.56. The minimum Gasteiger partial charge on any atom is -0.374 e. The van der Waals surface area contributed by atoms with Gasteiger partial charge in [0, 0.05) is 13.6 Å². The van der Waals surface area contributed by atoms with Gasteiger partial charge in [0.05, 0.1) is 22.3 Å². The maximum absolute atomic E-state index is 11.8. The Morgan fingerprint density at radius 2 is 1.94 bits per heavy atom. The Morgan fingerprint density at radius 1 is 1.33 bits per heavy atom. The fourth-order valence-electron chi connectivity index (χ4n) is 1.49. The highest BCUT2D eigenvalue weighted by Crippen LogP contribution is 2.29. The molecule has 0 aliphatic rings. The Morgan fingerprint density at radius 3 is 2.50 bits per heavy atom. The summed E-state index contributed by atoms with van der Waals surface area (Å²) in [5.74, 6) is 0.0273. The number of nitrogens with zero attached hydrogens (tertiary/aromatic N) is 1. The van der Waals surface area contributed by atoms with Gasteiger partial charge in [0.1, 0.15) is 0 Å². The number of anilines is 1. The van der Waals surface area contributed by atoms with Gasteiger partial charge < -0.3 is 10.2 Å². The number of hydrogen-bond donors (Lipinski definition) is 1. The number of carbonyl (C=O) groups excluding carboxylic acids is 1. The zero-order valence-electron chi connectivity index (χ0n) is 10.7. The fourth-order valence-corrected chi connectivity index (χ4v) is 2.02. The first-order valence-corrected chi connectivity index (χ1v) is 6.73. The van der Waals surface area contributed by atoms with Gasteiger partial charge in [-0.15, -0.1) is 0 Å². The lowest BCUT2D eigenvalue weighted by Gasteiger charge is -2.18. The number of carbonyl (C=O) groups is 1. The molecule has 0 saturated carbocycles. The lowest BCUT2D eigenvalue weighted by atomic mass is 10.3. The molecule has 0 radical (unpaired) electrons.